The number of fused-ring (bicyclic) bond motifs is 2. The Morgan fingerprint density at radius 1 is 1.15 bits per heavy atom. The van der Waals surface area contributed by atoms with Crippen molar-refractivity contribution in [3.8, 4) is 0 Å². The summed E-state index contributed by atoms with van der Waals surface area (Å²) in [7, 11) is 1.12. The van der Waals surface area contributed by atoms with Gasteiger partial charge in [-0.25, -0.2) is 23.3 Å². The fourth-order valence-electron chi connectivity index (χ4n) is 5.24. The molecule has 0 spiro atoms. The van der Waals surface area contributed by atoms with Crippen molar-refractivity contribution in [3.63, 3.8) is 0 Å². The van der Waals surface area contributed by atoms with Crippen molar-refractivity contribution in [3.05, 3.63) is 46.7 Å². The van der Waals surface area contributed by atoms with E-state index in [-0.39, 0.29) is 23.3 Å². The zero-order chi connectivity index (χ0) is 24.5. The van der Waals surface area contributed by atoms with Crippen LogP contribution in [0.5, 0.6) is 0 Å². The van der Waals surface area contributed by atoms with Gasteiger partial charge in [0.05, 0.1) is 18.1 Å². The average Bonchev–Trinajstić information content (AvgIpc) is 3.04. The Morgan fingerprint density at radius 2 is 1.82 bits per heavy atom. The molecule has 1 N–H and O–H groups in total. The minimum atomic E-state index is -1.67. The number of imide groups is 1. The normalized spacial score (nSPS) is 30.3. The van der Waals surface area contributed by atoms with Crippen molar-refractivity contribution in [1.29, 1.82) is 0 Å². The van der Waals surface area contributed by atoms with Gasteiger partial charge in [0.1, 0.15) is 6.04 Å². The second-order valence-electron chi connectivity index (χ2n) is 9.39. The Hall–Kier alpha value is -3.30. The molecule has 0 radical (unpaired) electrons. The maximum atomic E-state index is 14.2. The molecule has 0 unspecified atom stereocenters. The van der Waals surface area contributed by atoms with Crippen LogP contribution in [-0.4, -0.2) is 41.5 Å². The zero-order valence-corrected chi connectivity index (χ0v) is 18.9. The molecule has 2 aliphatic heterocycles. The second-order valence-corrected chi connectivity index (χ2v) is 9.39. The van der Waals surface area contributed by atoms with Gasteiger partial charge < -0.3 is 14.8 Å². The van der Waals surface area contributed by atoms with E-state index in [2.05, 4.69) is 5.32 Å². The van der Waals surface area contributed by atoms with Crippen molar-refractivity contribution in [1.82, 2.24) is 10.2 Å². The van der Waals surface area contributed by atoms with E-state index in [4.69, 9.17) is 9.47 Å². The Labute approximate surface area is 188 Å². The maximum absolute atomic E-state index is 14.2. The highest BCUT2D eigenvalue weighted by Gasteiger charge is 2.77. The van der Waals surface area contributed by atoms with Gasteiger partial charge in [-0.1, -0.05) is 19.9 Å². The molecule has 3 amide bonds. The number of amides is 3. The lowest BCUT2D eigenvalue weighted by Gasteiger charge is -2.43. The van der Waals surface area contributed by atoms with Crippen LogP contribution in [0.3, 0.4) is 0 Å². The minimum absolute atomic E-state index is 0.0175. The number of nitrogens with one attached hydrogen (secondary N) is 1. The van der Waals surface area contributed by atoms with Crippen LogP contribution in [0.25, 0.3) is 0 Å². The van der Waals surface area contributed by atoms with Gasteiger partial charge in [-0.15, -0.1) is 0 Å². The number of halogens is 2. The average molecular weight is 462 g/mol. The van der Waals surface area contributed by atoms with Gasteiger partial charge in [0.15, 0.2) is 17.2 Å². The molecule has 2 heterocycles. The number of carbonyl (C=O) groups excluding carboxylic acids is 4. The van der Waals surface area contributed by atoms with Crippen LogP contribution in [0.4, 0.5) is 13.6 Å². The van der Waals surface area contributed by atoms with Crippen LogP contribution < -0.4 is 5.32 Å². The number of methoxy groups -OCH3 is 1. The van der Waals surface area contributed by atoms with E-state index in [1.54, 1.807) is 20.8 Å². The number of benzene rings is 1. The van der Waals surface area contributed by atoms with Gasteiger partial charge in [0.2, 0.25) is 0 Å². The highest BCUT2D eigenvalue weighted by Crippen LogP contribution is 2.66. The third-order valence-electron chi connectivity index (χ3n) is 7.76. The van der Waals surface area contributed by atoms with E-state index in [0.717, 1.165) is 24.1 Å². The number of nitrogens with zero attached hydrogens (tertiary/aromatic N) is 1. The van der Waals surface area contributed by atoms with Crippen LogP contribution in [0.1, 0.15) is 52.1 Å². The van der Waals surface area contributed by atoms with Crippen LogP contribution >= 0.6 is 0 Å². The van der Waals surface area contributed by atoms with Crippen LogP contribution in [0.15, 0.2) is 29.5 Å². The zero-order valence-electron chi connectivity index (χ0n) is 18.9. The number of carbonyl (C=O) groups is 4. The lowest BCUT2D eigenvalue weighted by Crippen LogP contribution is -2.61. The number of hydrogen-bond donors (Lipinski definition) is 1. The van der Waals surface area contributed by atoms with Gasteiger partial charge in [0.25, 0.3) is 5.91 Å². The van der Waals surface area contributed by atoms with Crippen molar-refractivity contribution < 1.29 is 37.4 Å². The number of allylic oxidation sites excluding steroid dienone is 1. The second kappa shape index (κ2) is 7.10. The summed E-state index contributed by atoms with van der Waals surface area (Å²) in [5.74, 6) is -4.60. The predicted molar refractivity (Wildman–Crippen MR) is 109 cm³/mol. The molecule has 1 aromatic carbocycles. The van der Waals surface area contributed by atoms with Gasteiger partial charge in [-0.2, -0.15) is 0 Å². The summed E-state index contributed by atoms with van der Waals surface area (Å²) < 4.78 is 38.3. The van der Waals surface area contributed by atoms with E-state index < -0.39 is 58.0 Å². The molecule has 4 rings (SSSR count). The maximum Gasteiger partial charge on any atom is 0.337 e. The molecule has 33 heavy (non-hydrogen) atoms. The van der Waals surface area contributed by atoms with Crippen molar-refractivity contribution in [2.75, 3.05) is 7.11 Å². The number of ether oxygens (including phenoxy) is 2. The largest absolute Gasteiger partial charge is 0.466 e. The molecule has 176 valence electrons. The first-order valence-corrected chi connectivity index (χ1v) is 10.4. The highest BCUT2D eigenvalue weighted by molar-refractivity contribution is 6.07. The van der Waals surface area contributed by atoms with E-state index in [1.807, 2.05) is 0 Å². The summed E-state index contributed by atoms with van der Waals surface area (Å²) in [5, 5.41) is 2.46. The molecular formula is C23H24F2N2O6. The fraction of sp³-hybridized carbons (Fsp3) is 0.478. The molecule has 1 aliphatic carbocycles. The number of esters is 2. The summed E-state index contributed by atoms with van der Waals surface area (Å²) in [5.41, 5.74) is -3.63. The molecule has 1 aromatic rings. The molecule has 0 aromatic heterocycles. The molecule has 8 nitrogen and oxygen atoms in total. The predicted octanol–water partition coefficient (Wildman–Crippen LogP) is 3.13. The Morgan fingerprint density at radius 3 is 2.33 bits per heavy atom. The summed E-state index contributed by atoms with van der Waals surface area (Å²) in [6.45, 7) is 6.59. The summed E-state index contributed by atoms with van der Waals surface area (Å²) in [6.07, 6.45) is 0.542. The third-order valence-corrected chi connectivity index (χ3v) is 7.76. The molecule has 10 heteroatoms. The van der Waals surface area contributed by atoms with E-state index in [1.165, 1.54) is 13.0 Å². The van der Waals surface area contributed by atoms with E-state index >= 15 is 0 Å². The summed E-state index contributed by atoms with van der Waals surface area (Å²) >= 11 is 0. The highest BCUT2D eigenvalue weighted by atomic mass is 19.2. The van der Waals surface area contributed by atoms with Gasteiger partial charge in [-0.05, 0) is 44.4 Å². The lowest BCUT2D eigenvalue weighted by atomic mass is 9.66. The first-order valence-electron chi connectivity index (χ1n) is 10.4. The van der Waals surface area contributed by atoms with Crippen molar-refractivity contribution >= 4 is 23.9 Å². The topological polar surface area (TPSA) is 102 Å². The molecule has 1 saturated carbocycles. The number of urea groups is 1. The SMILES string of the molecule is COC(=O)C1=C(C)NC(=O)N(C(=O)[C@@]23CC[C@@](C)(C(=O)O2)C3(C)C)[C@@H]1c1ccc(F)c(F)c1. The molecule has 2 bridgehead atoms. The molecule has 1 saturated heterocycles. The molecule has 2 fully saturated rings. The van der Waals surface area contributed by atoms with Crippen molar-refractivity contribution in [2.24, 2.45) is 10.8 Å². The van der Waals surface area contributed by atoms with E-state index in [9.17, 15) is 28.0 Å². The van der Waals surface area contributed by atoms with E-state index in [0.29, 0.717) is 6.42 Å². The first kappa shape index (κ1) is 22.9. The van der Waals surface area contributed by atoms with Crippen molar-refractivity contribution in [2.45, 2.75) is 52.2 Å². The number of rotatable bonds is 3. The standard InChI is InChI=1S/C23H24F2N2O6/c1-11-15(17(28)32-5)16(12-6-7-13(24)14(25)10-12)27(20(31)26-11)18(29)23-9-8-22(4,19(30)33-23)21(23,2)3/h6-7,10,16H,8-9H2,1-5H3,(H,26,31)/t16-,22+,23-/m1/s1. The lowest BCUT2D eigenvalue weighted by molar-refractivity contribution is -0.173. The van der Waals surface area contributed by atoms with Crippen LogP contribution in [-0.2, 0) is 23.9 Å². The Kier molecular flexibility index (Phi) is 4.92. The Balaban J connectivity index is 1.91. The Bertz CT molecular complexity index is 1150. The molecular weight excluding hydrogens is 438 g/mol. The van der Waals surface area contributed by atoms with Crippen LogP contribution in [0, 0.1) is 22.5 Å². The molecule has 3 aliphatic rings. The first-order chi connectivity index (χ1) is 15.3. The number of hydrogen-bond acceptors (Lipinski definition) is 6. The monoisotopic (exact) mass is 462 g/mol. The van der Waals surface area contributed by atoms with Gasteiger partial charge >= 0.3 is 18.0 Å². The molecule has 3 atom stereocenters. The summed E-state index contributed by atoms with van der Waals surface area (Å²) in [6, 6.07) is 0.526. The quantitative estimate of drug-likeness (QED) is 0.693. The smallest absolute Gasteiger partial charge is 0.337 e. The third kappa shape index (κ3) is 2.79. The fourth-order valence-corrected chi connectivity index (χ4v) is 5.24. The van der Waals surface area contributed by atoms with Gasteiger partial charge in [0, 0.05) is 11.1 Å². The van der Waals surface area contributed by atoms with Crippen LogP contribution in [0.2, 0.25) is 0 Å². The minimum Gasteiger partial charge on any atom is -0.466 e. The summed E-state index contributed by atoms with van der Waals surface area (Å²) in [4.78, 5) is 53.3. The van der Waals surface area contributed by atoms with Gasteiger partial charge in [-0.3, -0.25) is 9.59 Å².